The third-order valence-corrected chi connectivity index (χ3v) is 7.68. The minimum atomic E-state index is -0.443. The van der Waals surface area contributed by atoms with E-state index in [2.05, 4.69) is 59.6 Å². The third-order valence-electron chi connectivity index (χ3n) is 7.68. The summed E-state index contributed by atoms with van der Waals surface area (Å²) in [5.41, 5.74) is 8.03. The lowest BCUT2D eigenvalue weighted by Gasteiger charge is -2.15. The lowest BCUT2D eigenvalue weighted by atomic mass is 9.90. The minimum Gasteiger partial charge on any atom is -0.466 e. The molecule has 0 radical (unpaired) electrons. The van der Waals surface area contributed by atoms with Crippen molar-refractivity contribution < 1.29 is 14.6 Å². The zero-order chi connectivity index (χ0) is 26.4. The van der Waals surface area contributed by atoms with E-state index in [9.17, 15) is 9.90 Å². The molecule has 0 saturated heterocycles. The zero-order valence-corrected chi connectivity index (χ0v) is 22.0. The highest BCUT2D eigenvalue weighted by molar-refractivity contribution is 5.74. The molecule has 1 aromatic heterocycles. The average Bonchev–Trinajstić information content (AvgIpc) is 3.74. The van der Waals surface area contributed by atoms with Crippen LogP contribution in [0.4, 0.5) is 0 Å². The van der Waals surface area contributed by atoms with Crippen LogP contribution in [-0.2, 0) is 21.4 Å². The molecule has 38 heavy (non-hydrogen) atoms. The average molecular weight is 506 g/mol. The van der Waals surface area contributed by atoms with Gasteiger partial charge in [0.15, 0.2) is 0 Å². The first-order chi connectivity index (χ1) is 18.6. The van der Waals surface area contributed by atoms with E-state index in [-0.39, 0.29) is 11.4 Å². The van der Waals surface area contributed by atoms with Crippen LogP contribution in [0.2, 0.25) is 0 Å². The molecular formula is C34H35NO3. The second-order valence-electron chi connectivity index (χ2n) is 10.3. The lowest BCUT2D eigenvalue weighted by molar-refractivity contribution is -0.143. The van der Waals surface area contributed by atoms with Crippen LogP contribution in [0.5, 0.6) is 0 Å². The Morgan fingerprint density at radius 2 is 1.58 bits per heavy atom. The summed E-state index contributed by atoms with van der Waals surface area (Å²) < 4.78 is 5.18. The van der Waals surface area contributed by atoms with E-state index in [1.807, 2.05) is 49.6 Å². The number of esters is 1. The molecule has 0 aliphatic heterocycles. The zero-order valence-electron chi connectivity index (χ0n) is 22.0. The predicted octanol–water partition coefficient (Wildman–Crippen LogP) is 7.46. The molecule has 1 heterocycles. The van der Waals surface area contributed by atoms with Gasteiger partial charge in [0.05, 0.1) is 19.1 Å². The molecule has 0 spiro atoms. The second kappa shape index (κ2) is 11.7. The van der Waals surface area contributed by atoms with Crippen LogP contribution in [0.1, 0.15) is 61.8 Å². The first kappa shape index (κ1) is 25.9. The van der Waals surface area contributed by atoms with Crippen molar-refractivity contribution in [3.05, 3.63) is 114 Å². The molecule has 1 saturated carbocycles. The molecule has 0 bridgehead atoms. The van der Waals surface area contributed by atoms with Gasteiger partial charge in [0.1, 0.15) is 0 Å². The van der Waals surface area contributed by atoms with Crippen molar-refractivity contribution in [3.8, 4) is 22.3 Å². The van der Waals surface area contributed by atoms with Gasteiger partial charge in [-0.05, 0) is 84.0 Å². The second-order valence-corrected chi connectivity index (χ2v) is 10.3. The van der Waals surface area contributed by atoms with Gasteiger partial charge >= 0.3 is 5.97 Å². The molecular weight excluding hydrogens is 470 g/mol. The highest BCUT2D eigenvalue weighted by Crippen LogP contribution is 2.51. The summed E-state index contributed by atoms with van der Waals surface area (Å²) in [6.45, 7) is 2.29. The Kier molecular flexibility index (Phi) is 8.00. The van der Waals surface area contributed by atoms with Crippen LogP contribution < -0.4 is 0 Å². The van der Waals surface area contributed by atoms with E-state index in [0.29, 0.717) is 19.4 Å². The number of benzene rings is 3. The van der Waals surface area contributed by atoms with Gasteiger partial charge in [0.2, 0.25) is 0 Å². The molecule has 1 aliphatic rings. The summed E-state index contributed by atoms with van der Waals surface area (Å²) in [4.78, 5) is 16.4. The number of hydrogen-bond donors (Lipinski definition) is 1. The van der Waals surface area contributed by atoms with Crippen molar-refractivity contribution in [2.45, 2.75) is 57.0 Å². The Bertz CT molecular complexity index is 1340. The van der Waals surface area contributed by atoms with E-state index >= 15 is 0 Å². The molecule has 3 aromatic carbocycles. The van der Waals surface area contributed by atoms with E-state index in [1.165, 1.54) is 16.7 Å². The fourth-order valence-corrected chi connectivity index (χ4v) is 5.30. The molecule has 5 rings (SSSR count). The standard InChI is InChI=1S/C34H35NO3/c1-2-38-33(37)23-34(20-21-34)30-17-15-26(16-18-30)25-11-13-27(14-12-25)31-19-22-35-24-29(31)9-6-10-32(36)28-7-4-3-5-8-28/h3-5,7-8,11-19,22,24,32,36H,2,6,9-10,20-21,23H2,1H3. The number of ether oxygens (including phenoxy) is 1. The smallest absolute Gasteiger partial charge is 0.306 e. The van der Waals surface area contributed by atoms with Gasteiger partial charge in [0, 0.05) is 17.8 Å². The summed E-state index contributed by atoms with van der Waals surface area (Å²) in [5.74, 6) is -0.104. The third kappa shape index (κ3) is 6.03. The van der Waals surface area contributed by atoms with Gasteiger partial charge in [-0.25, -0.2) is 0 Å². The highest BCUT2D eigenvalue weighted by Gasteiger charge is 2.46. The van der Waals surface area contributed by atoms with Crippen LogP contribution in [-0.4, -0.2) is 22.7 Å². The quantitative estimate of drug-likeness (QED) is 0.215. The summed E-state index contributed by atoms with van der Waals surface area (Å²) >= 11 is 0. The van der Waals surface area contributed by atoms with Gasteiger partial charge in [0.25, 0.3) is 0 Å². The number of carbonyl (C=O) groups excluding carboxylic acids is 1. The first-order valence-corrected chi connectivity index (χ1v) is 13.6. The molecule has 1 fully saturated rings. The van der Waals surface area contributed by atoms with E-state index in [4.69, 9.17) is 4.74 Å². The molecule has 1 atom stereocenters. The number of nitrogens with zero attached hydrogens (tertiary/aromatic N) is 1. The molecule has 1 aliphatic carbocycles. The summed E-state index contributed by atoms with van der Waals surface area (Å²) in [6, 6.07) is 29.2. The lowest BCUT2D eigenvalue weighted by Crippen LogP contribution is -2.15. The molecule has 194 valence electrons. The van der Waals surface area contributed by atoms with Crippen molar-refractivity contribution in [2.75, 3.05) is 6.61 Å². The van der Waals surface area contributed by atoms with Crippen molar-refractivity contribution in [1.29, 1.82) is 0 Å². The Morgan fingerprint density at radius 3 is 2.24 bits per heavy atom. The Morgan fingerprint density at radius 1 is 0.921 bits per heavy atom. The van der Waals surface area contributed by atoms with Gasteiger partial charge < -0.3 is 9.84 Å². The van der Waals surface area contributed by atoms with Gasteiger partial charge in [-0.2, -0.15) is 0 Å². The maximum atomic E-state index is 12.0. The van der Waals surface area contributed by atoms with Gasteiger partial charge in [-0.3, -0.25) is 9.78 Å². The topological polar surface area (TPSA) is 59.4 Å². The van der Waals surface area contributed by atoms with Gasteiger partial charge in [-0.1, -0.05) is 78.9 Å². The van der Waals surface area contributed by atoms with Crippen LogP contribution in [0.15, 0.2) is 97.3 Å². The molecule has 4 aromatic rings. The Hall–Kier alpha value is -3.76. The first-order valence-electron chi connectivity index (χ1n) is 13.6. The number of rotatable bonds is 11. The molecule has 4 heteroatoms. The number of aromatic nitrogens is 1. The molecule has 1 N–H and O–H groups in total. The number of aliphatic hydroxyl groups excluding tert-OH is 1. The van der Waals surface area contributed by atoms with Crippen molar-refractivity contribution in [1.82, 2.24) is 4.98 Å². The van der Waals surface area contributed by atoms with Crippen LogP contribution >= 0.6 is 0 Å². The van der Waals surface area contributed by atoms with E-state index in [1.54, 1.807) is 0 Å². The number of aliphatic hydroxyl groups is 1. The maximum absolute atomic E-state index is 12.0. The van der Waals surface area contributed by atoms with Crippen molar-refractivity contribution in [2.24, 2.45) is 0 Å². The number of hydrogen-bond acceptors (Lipinski definition) is 4. The maximum Gasteiger partial charge on any atom is 0.306 e. The molecule has 0 amide bonds. The normalized spacial score (nSPS) is 14.6. The summed E-state index contributed by atoms with van der Waals surface area (Å²) in [7, 11) is 0. The predicted molar refractivity (Wildman–Crippen MR) is 152 cm³/mol. The Labute approximate surface area is 225 Å². The van der Waals surface area contributed by atoms with E-state index < -0.39 is 6.10 Å². The molecule has 1 unspecified atom stereocenters. The minimum absolute atomic E-state index is 0.0382. The van der Waals surface area contributed by atoms with Crippen LogP contribution in [0, 0.1) is 0 Å². The fraction of sp³-hybridized carbons (Fsp3) is 0.294. The largest absolute Gasteiger partial charge is 0.466 e. The number of aryl methyl sites for hydroxylation is 1. The summed E-state index contributed by atoms with van der Waals surface area (Å²) in [5, 5.41) is 10.5. The SMILES string of the molecule is CCOC(=O)CC1(c2ccc(-c3ccc(-c4ccncc4CCCC(O)c4ccccc4)cc3)cc2)CC1. The monoisotopic (exact) mass is 505 g/mol. The number of carbonyl (C=O) groups is 1. The fourth-order valence-electron chi connectivity index (χ4n) is 5.30. The van der Waals surface area contributed by atoms with Crippen LogP contribution in [0.25, 0.3) is 22.3 Å². The molecule has 4 nitrogen and oxygen atoms in total. The van der Waals surface area contributed by atoms with Crippen molar-refractivity contribution >= 4 is 5.97 Å². The van der Waals surface area contributed by atoms with Gasteiger partial charge in [-0.15, -0.1) is 0 Å². The summed E-state index contributed by atoms with van der Waals surface area (Å²) in [6.07, 6.45) is 8.36. The number of pyridine rings is 1. The van der Waals surface area contributed by atoms with E-state index in [0.717, 1.165) is 47.9 Å². The Balaban J connectivity index is 1.24. The van der Waals surface area contributed by atoms with Crippen molar-refractivity contribution in [3.63, 3.8) is 0 Å². The van der Waals surface area contributed by atoms with Crippen LogP contribution in [0.3, 0.4) is 0 Å². The highest BCUT2D eigenvalue weighted by atomic mass is 16.5.